The molecule has 1 unspecified atom stereocenters. The van der Waals surface area contributed by atoms with Crippen molar-refractivity contribution in [2.45, 2.75) is 25.3 Å². The Morgan fingerprint density at radius 2 is 1.54 bits per heavy atom. The molecule has 0 spiro atoms. The fourth-order valence-corrected chi connectivity index (χ4v) is 0.766. The van der Waals surface area contributed by atoms with Gasteiger partial charge in [0.25, 0.3) is 0 Å². The largest absolute Gasteiger partial charge is 0.490 e. The number of nitrogen functional groups attached to an aromatic ring is 1. The molecule has 150 valence electrons. The quantitative estimate of drug-likeness (QED) is 0.471. The average Bonchev–Trinajstić information content (AvgIpc) is 2.46. The number of halogens is 6. The number of carboxylic acid groups (broad SMARTS) is 2. The third-order valence-electron chi connectivity index (χ3n) is 1.91. The molecule has 0 aromatic carbocycles. The Morgan fingerprint density at radius 1 is 1.15 bits per heavy atom. The molecule has 1 aromatic heterocycles. The van der Waals surface area contributed by atoms with Crippen molar-refractivity contribution >= 4 is 23.7 Å². The summed E-state index contributed by atoms with van der Waals surface area (Å²) in [7, 11) is 0. The second-order valence-corrected chi connectivity index (χ2v) is 4.19. The van der Waals surface area contributed by atoms with Gasteiger partial charge in [0.05, 0.1) is 0 Å². The van der Waals surface area contributed by atoms with Crippen LogP contribution in [0.15, 0.2) is 12.3 Å². The Hall–Kier alpha value is -2.84. The van der Waals surface area contributed by atoms with Crippen molar-refractivity contribution < 1.29 is 46.1 Å². The van der Waals surface area contributed by atoms with E-state index >= 15 is 0 Å². The van der Waals surface area contributed by atoms with E-state index in [-0.39, 0.29) is 12.0 Å². The average molecular weight is 395 g/mol. The van der Waals surface area contributed by atoms with Crippen molar-refractivity contribution in [3.05, 3.63) is 12.3 Å². The highest BCUT2D eigenvalue weighted by Crippen LogP contribution is 2.13. The van der Waals surface area contributed by atoms with Crippen molar-refractivity contribution in [1.82, 2.24) is 9.97 Å². The van der Waals surface area contributed by atoms with Gasteiger partial charge in [0, 0.05) is 18.8 Å². The first kappa shape index (κ1) is 25.4. The molecule has 26 heavy (non-hydrogen) atoms. The van der Waals surface area contributed by atoms with Crippen LogP contribution in [0.25, 0.3) is 0 Å². The molecule has 0 amide bonds. The minimum atomic E-state index is -5.08. The van der Waals surface area contributed by atoms with Crippen LogP contribution in [0.3, 0.4) is 0 Å². The molecular weight excluding hydrogens is 380 g/mol. The molecule has 1 aromatic rings. The predicted octanol–water partition coefficient (Wildman–Crippen LogP) is 1.08. The fourth-order valence-electron chi connectivity index (χ4n) is 0.766. The van der Waals surface area contributed by atoms with E-state index in [1.165, 1.54) is 0 Å². The molecule has 0 saturated heterocycles. The third-order valence-corrected chi connectivity index (χ3v) is 1.91. The molecule has 1 atom stereocenters. The van der Waals surface area contributed by atoms with Crippen LogP contribution in [0.4, 0.5) is 38.1 Å². The van der Waals surface area contributed by atoms with E-state index in [4.69, 9.17) is 31.3 Å². The first-order valence-electron chi connectivity index (χ1n) is 6.26. The highest BCUT2D eigenvalue weighted by molar-refractivity contribution is 5.73. The molecule has 0 aliphatic carbocycles. The van der Waals surface area contributed by atoms with Crippen molar-refractivity contribution in [3.63, 3.8) is 0 Å². The van der Waals surface area contributed by atoms with Crippen LogP contribution in [0.5, 0.6) is 0 Å². The van der Waals surface area contributed by atoms with Crippen LogP contribution < -0.4 is 16.8 Å². The number of nitrogens with one attached hydrogen (secondary N) is 1. The molecule has 0 aliphatic heterocycles. The minimum absolute atomic E-state index is 0.194. The number of aromatic nitrogens is 2. The molecule has 0 aliphatic rings. The molecule has 0 fully saturated rings. The lowest BCUT2D eigenvalue weighted by atomic mass is 10.3. The van der Waals surface area contributed by atoms with Crippen LogP contribution >= 0.6 is 0 Å². The zero-order valence-electron chi connectivity index (χ0n) is 13.0. The fraction of sp³-hybridized carbons (Fsp3) is 0.455. The van der Waals surface area contributed by atoms with Crippen LogP contribution in [-0.4, -0.2) is 57.1 Å². The van der Waals surface area contributed by atoms with E-state index < -0.39 is 24.3 Å². The van der Waals surface area contributed by atoms with Gasteiger partial charge < -0.3 is 27.0 Å². The van der Waals surface area contributed by atoms with Crippen LogP contribution in [-0.2, 0) is 9.59 Å². The lowest BCUT2D eigenvalue weighted by Gasteiger charge is -2.11. The number of hydrogen-bond donors (Lipinski definition) is 5. The molecule has 7 N–H and O–H groups in total. The number of carbonyl (C=O) groups is 2. The number of carboxylic acids is 2. The second kappa shape index (κ2) is 10.9. The highest BCUT2D eigenvalue weighted by atomic mass is 19.4. The molecule has 9 nitrogen and oxygen atoms in total. The van der Waals surface area contributed by atoms with Gasteiger partial charge >= 0.3 is 24.3 Å². The van der Waals surface area contributed by atoms with Crippen molar-refractivity contribution in [3.8, 4) is 0 Å². The van der Waals surface area contributed by atoms with Gasteiger partial charge in [0.2, 0.25) is 5.95 Å². The number of rotatable bonds is 3. The van der Waals surface area contributed by atoms with Gasteiger partial charge in [0.15, 0.2) is 0 Å². The van der Waals surface area contributed by atoms with Crippen LogP contribution in [0, 0.1) is 0 Å². The van der Waals surface area contributed by atoms with E-state index in [2.05, 4.69) is 15.3 Å². The number of aliphatic carboxylic acids is 2. The maximum absolute atomic E-state index is 10.6. The van der Waals surface area contributed by atoms with Gasteiger partial charge in [-0.1, -0.05) is 0 Å². The topological polar surface area (TPSA) is 164 Å². The van der Waals surface area contributed by atoms with Crippen LogP contribution in [0.1, 0.15) is 6.92 Å². The molecule has 15 heteroatoms. The first-order valence-corrected chi connectivity index (χ1v) is 6.26. The predicted molar refractivity (Wildman–Crippen MR) is 76.0 cm³/mol. The second-order valence-electron chi connectivity index (χ2n) is 4.19. The van der Waals surface area contributed by atoms with Crippen molar-refractivity contribution in [1.29, 1.82) is 0 Å². The van der Waals surface area contributed by atoms with Gasteiger partial charge in [-0.2, -0.15) is 31.3 Å². The summed E-state index contributed by atoms with van der Waals surface area (Å²) < 4.78 is 63.5. The summed E-state index contributed by atoms with van der Waals surface area (Å²) in [5.41, 5.74) is 10.8. The standard InChI is InChI=1S/C7H13N5.2C2HF3O2/c1-5(4-8)11-6-2-3-10-7(9)12-6;2*3-2(4,5)1(6)7/h2-3,5H,4,8H2,1H3,(H3,9,10,11,12);2*(H,6,7). The Bertz CT molecular complexity index is 557. The van der Waals surface area contributed by atoms with Gasteiger partial charge in [-0.15, -0.1) is 0 Å². The zero-order chi connectivity index (χ0) is 21.1. The lowest BCUT2D eigenvalue weighted by Crippen LogP contribution is -2.25. The van der Waals surface area contributed by atoms with Gasteiger partial charge in [0.1, 0.15) is 5.82 Å². The van der Waals surface area contributed by atoms with Crippen LogP contribution in [0.2, 0.25) is 0 Å². The first-order chi connectivity index (χ1) is 11.6. The molecule has 0 bridgehead atoms. The zero-order valence-corrected chi connectivity index (χ0v) is 13.0. The molecule has 0 saturated carbocycles. The monoisotopic (exact) mass is 395 g/mol. The minimum Gasteiger partial charge on any atom is -0.475 e. The number of alkyl halides is 6. The van der Waals surface area contributed by atoms with E-state index in [0.29, 0.717) is 12.4 Å². The van der Waals surface area contributed by atoms with E-state index in [1.807, 2.05) is 6.92 Å². The third kappa shape index (κ3) is 13.6. The normalized spacial score (nSPS) is 11.8. The SMILES string of the molecule is CC(CN)Nc1ccnc(N)n1.O=C(O)C(F)(F)F.O=C(O)C(F)(F)F. The van der Waals surface area contributed by atoms with Gasteiger partial charge in [-0.05, 0) is 13.0 Å². The summed E-state index contributed by atoms with van der Waals surface area (Å²) in [6, 6.07) is 1.95. The summed E-state index contributed by atoms with van der Waals surface area (Å²) >= 11 is 0. The Kier molecular flexibility index (Phi) is 10.7. The molecule has 0 radical (unpaired) electrons. The highest BCUT2D eigenvalue weighted by Gasteiger charge is 2.38. The van der Waals surface area contributed by atoms with Crippen molar-refractivity contribution in [2.24, 2.45) is 5.73 Å². The Morgan fingerprint density at radius 3 is 1.81 bits per heavy atom. The van der Waals surface area contributed by atoms with E-state index in [1.54, 1.807) is 12.3 Å². The smallest absolute Gasteiger partial charge is 0.475 e. The van der Waals surface area contributed by atoms with E-state index in [0.717, 1.165) is 0 Å². The summed E-state index contributed by atoms with van der Waals surface area (Å²) in [5.74, 6) is -4.54. The van der Waals surface area contributed by atoms with E-state index in [9.17, 15) is 26.3 Å². The summed E-state index contributed by atoms with van der Waals surface area (Å²) in [6.45, 7) is 2.53. The maximum atomic E-state index is 10.6. The summed E-state index contributed by atoms with van der Waals surface area (Å²) in [6.07, 6.45) is -8.56. The van der Waals surface area contributed by atoms with Gasteiger partial charge in [-0.25, -0.2) is 14.6 Å². The molecule has 1 rings (SSSR count). The number of nitrogens with two attached hydrogens (primary N) is 2. The van der Waals surface area contributed by atoms with Crippen molar-refractivity contribution in [2.75, 3.05) is 17.6 Å². The Labute approximate surface area is 142 Å². The van der Waals surface area contributed by atoms with Gasteiger partial charge in [-0.3, -0.25) is 0 Å². The number of anilines is 2. The summed E-state index contributed by atoms with van der Waals surface area (Å²) in [4.78, 5) is 25.5. The number of hydrogen-bond acceptors (Lipinski definition) is 7. The lowest BCUT2D eigenvalue weighted by molar-refractivity contribution is -0.193. The molecular formula is C11H15F6N5O4. The summed E-state index contributed by atoms with van der Waals surface area (Å²) in [5, 5.41) is 17.3. The molecule has 1 heterocycles. The maximum Gasteiger partial charge on any atom is 0.490 e. The Balaban J connectivity index is 0. The number of nitrogens with zero attached hydrogens (tertiary/aromatic N) is 2.